The van der Waals surface area contributed by atoms with E-state index in [1.165, 1.54) is 0 Å². The summed E-state index contributed by atoms with van der Waals surface area (Å²) >= 11 is 0. The van der Waals surface area contributed by atoms with Gasteiger partial charge in [0.25, 0.3) is 0 Å². The minimum absolute atomic E-state index is 0.0390. The van der Waals surface area contributed by atoms with Gasteiger partial charge in [-0.1, -0.05) is 0 Å². The molecule has 3 aromatic rings. The van der Waals surface area contributed by atoms with Crippen molar-refractivity contribution in [1.29, 1.82) is 0 Å². The van der Waals surface area contributed by atoms with E-state index in [1.807, 2.05) is 39.8 Å². The molecule has 8 heteroatoms. The lowest BCUT2D eigenvalue weighted by Gasteiger charge is -2.06. The van der Waals surface area contributed by atoms with Crippen LogP contribution in [0.1, 0.15) is 12.8 Å². The molecule has 0 spiro atoms. The molecule has 1 amide bonds. The molecule has 0 fully saturated rings. The highest BCUT2D eigenvalue weighted by Crippen LogP contribution is 2.35. The highest BCUT2D eigenvalue weighted by atomic mass is 16.7. The van der Waals surface area contributed by atoms with Crippen molar-refractivity contribution in [3.8, 4) is 28.6 Å². The molecule has 0 aliphatic carbocycles. The van der Waals surface area contributed by atoms with E-state index in [-0.39, 0.29) is 12.7 Å². The highest BCUT2D eigenvalue weighted by molar-refractivity contribution is 5.75. The van der Waals surface area contributed by atoms with Crippen molar-refractivity contribution in [2.24, 2.45) is 0 Å². The van der Waals surface area contributed by atoms with Crippen LogP contribution in [0.15, 0.2) is 43.0 Å². The monoisotopic (exact) mass is 353 g/mol. The van der Waals surface area contributed by atoms with E-state index in [0.29, 0.717) is 13.0 Å². The van der Waals surface area contributed by atoms with Crippen LogP contribution in [0.4, 0.5) is 0 Å². The zero-order valence-electron chi connectivity index (χ0n) is 14.4. The first-order valence-electron chi connectivity index (χ1n) is 8.41. The largest absolute Gasteiger partial charge is 0.454 e. The summed E-state index contributed by atoms with van der Waals surface area (Å²) in [4.78, 5) is 15.8. The normalized spacial score (nSPS) is 12.3. The molecule has 1 aromatic carbocycles. The van der Waals surface area contributed by atoms with Crippen LogP contribution in [0, 0.1) is 0 Å². The maximum Gasteiger partial charge on any atom is 0.231 e. The number of ether oxygens (including phenoxy) is 2. The molecule has 134 valence electrons. The number of carbonyl (C=O) groups is 1. The number of hydrogen-bond acceptors (Lipinski definition) is 5. The molecular formula is C18H19N5O3. The third-order valence-corrected chi connectivity index (χ3v) is 4.24. The average Bonchev–Trinajstić information content (AvgIpc) is 3.39. The number of imidazole rings is 1. The Labute approximate surface area is 150 Å². The summed E-state index contributed by atoms with van der Waals surface area (Å²) in [5.41, 5.74) is 1.85. The molecule has 0 bridgehead atoms. The maximum absolute atomic E-state index is 11.3. The number of fused-ring (bicyclic) bond motifs is 1. The molecule has 3 heterocycles. The van der Waals surface area contributed by atoms with Crippen molar-refractivity contribution in [3.05, 3.63) is 43.0 Å². The van der Waals surface area contributed by atoms with Crippen molar-refractivity contribution in [1.82, 2.24) is 24.6 Å². The first kappa shape index (κ1) is 16.2. The molecule has 0 saturated heterocycles. The van der Waals surface area contributed by atoms with Gasteiger partial charge in [0.1, 0.15) is 5.82 Å². The van der Waals surface area contributed by atoms with Gasteiger partial charge in [-0.3, -0.25) is 14.0 Å². The summed E-state index contributed by atoms with van der Waals surface area (Å²) in [6.45, 7) is 0.928. The van der Waals surface area contributed by atoms with Gasteiger partial charge >= 0.3 is 0 Å². The Balaban J connectivity index is 1.53. The molecule has 2 aromatic heterocycles. The van der Waals surface area contributed by atoms with Gasteiger partial charge in [0.2, 0.25) is 12.7 Å². The van der Waals surface area contributed by atoms with Crippen LogP contribution in [0.2, 0.25) is 0 Å². The summed E-state index contributed by atoms with van der Waals surface area (Å²) < 4.78 is 14.6. The molecule has 1 aliphatic rings. The van der Waals surface area contributed by atoms with Crippen LogP contribution >= 0.6 is 0 Å². The number of nitrogens with one attached hydrogen (secondary N) is 1. The lowest BCUT2D eigenvalue weighted by Crippen LogP contribution is -2.17. The third-order valence-electron chi connectivity index (χ3n) is 4.24. The number of hydrogen-bond donors (Lipinski definition) is 1. The van der Waals surface area contributed by atoms with Crippen molar-refractivity contribution >= 4 is 5.91 Å². The molecular weight excluding hydrogens is 334 g/mol. The lowest BCUT2D eigenvalue weighted by molar-refractivity contribution is -0.120. The van der Waals surface area contributed by atoms with Gasteiger partial charge in [0.05, 0.1) is 11.9 Å². The first-order valence-corrected chi connectivity index (χ1v) is 8.41. The Bertz CT molecular complexity index is 931. The molecule has 4 rings (SSSR count). The Morgan fingerprint density at radius 2 is 2.19 bits per heavy atom. The minimum atomic E-state index is 0.0390. The predicted octanol–water partition coefficient (Wildman–Crippen LogP) is 1.99. The summed E-state index contributed by atoms with van der Waals surface area (Å²) in [6.07, 6.45) is 8.60. The zero-order chi connectivity index (χ0) is 17.9. The van der Waals surface area contributed by atoms with E-state index in [0.717, 1.165) is 35.0 Å². The molecule has 26 heavy (non-hydrogen) atoms. The highest BCUT2D eigenvalue weighted by Gasteiger charge is 2.16. The molecule has 1 N–H and O–H groups in total. The summed E-state index contributed by atoms with van der Waals surface area (Å²) in [6, 6.07) is 5.77. The zero-order valence-corrected chi connectivity index (χ0v) is 14.4. The van der Waals surface area contributed by atoms with Gasteiger partial charge in [0, 0.05) is 44.2 Å². The van der Waals surface area contributed by atoms with Gasteiger partial charge in [0.15, 0.2) is 11.5 Å². The topological polar surface area (TPSA) is 83.2 Å². The van der Waals surface area contributed by atoms with Crippen molar-refractivity contribution < 1.29 is 14.3 Å². The second-order valence-electron chi connectivity index (χ2n) is 5.93. The number of aryl methyl sites for hydroxylation is 1. The van der Waals surface area contributed by atoms with Gasteiger partial charge < -0.3 is 14.8 Å². The SMILES string of the molecule is CNC(=O)CCCn1cc(-n2ccnc2-c2ccc3c(c2)OCO3)cn1. The van der Waals surface area contributed by atoms with E-state index in [4.69, 9.17) is 9.47 Å². The second-order valence-corrected chi connectivity index (χ2v) is 5.93. The second kappa shape index (κ2) is 6.91. The fraction of sp³-hybridized carbons (Fsp3) is 0.278. The quantitative estimate of drug-likeness (QED) is 0.733. The predicted molar refractivity (Wildman–Crippen MR) is 94.2 cm³/mol. The lowest BCUT2D eigenvalue weighted by atomic mass is 10.2. The van der Waals surface area contributed by atoms with Gasteiger partial charge in [-0.15, -0.1) is 0 Å². The Morgan fingerprint density at radius 1 is 1.31 bits per heavy atom. The Kier molecular flexibility index (Phi) is 4.30. The van der Waals surface area contributed by atoms with Crippen LogP contribution < -0.4 is 14.8 Å². The fourth-order valence-electron chi connectivity index (χ4n) is 2.89. The van der Waals surface area contributed by atoms with Crippen molar-refractivity contribution in [2.75, 3.05) is 13.8 Å². The van der Waals surface area contributed by atoms with E-state index < -0.39 is 0 Å². The van der Waals surface area contributed by atoms with E-state index in [2.05, 4.69) is 15.4 Å². The van der Waals surface area contributed by atoms with Gasteiger partial charge in [-0.05, 0) is 24.6 Å². The summed E-state index contributed by atoms with van der Waals surface area (Å²) in [7, 11) is 1.64. The number of carbonyl (C=O) groups excluding carboxylic acids is 1. The van der Waals surface area contributed by atoms with Crippen LogP contribution in [0.25, 0.3) is 17.1 Å². The third kappa shape index (κ3) is 3.13. The molecule has 8 nitrogen and oxygen atoms in total. The average molecular weight is 353 g/mol. The van der Waals surface area contributed by atoms with E-state index >= 15 is 0 Å². The fourth-order valence-corrected chi connectivity index (χ4v) is 2.89. The minimum Gasteiger partial charge on any atom is -0.454 e. The van der Waals surface area contributed by atoms with E-state index in [1.54, 1.807) is 19.4 Å². The number of rotatable bonds is 6. The molecule has 1 aliphatic heterocycles. The first-order chi connectivity index (χ1) is 12.7. The van der Waals surface area contributed by atoms with E-state index in [9.17, 15) is 4.79 Å². The Morgan fingerprint density at radius 3 is 3.08 bits per heavy atom. The van der Waals surface area contributed by atoms with Gasteiger partial charge in [-0.25, -0.2) is 4.98 Å². The van der Waals surface area contributed by atoms with Gasteiger partial charge in [-0.2, -0.15) is 5.10 Å². The number of amides is 1. The number of nitrogens with zero attached hydrogens (tertiary/aromatic N) is 4. The van der Waals surface area contributed by atoms with Crippen LogP contribution in [-0.4, -0.2) is 39.1 Å². The van der Waals surface area contributed by atoms with Crippen LogP contribution in [-0.2, 0) is 11.3 Å². The molecule has 0 unspecified atom stereocenters. The van der Waals surface area contributed by atoms with Crippen LogP contribution in [0.5, 0.6) is 11.5 Å². The number of benzene rings is 1. The summed E-state index contributed by atoms with van der Waals surface area (Å²) in [5, 5.41) is 7.00. The number of aromatic nitrogens is 4. The summed E-state index contributed by atoms with van der Waals surface area (Å²) in [5.74, 6) is 2.31. The van der Waals surface area contributed by atoms with Crippen molar-refractivity contribution in [2.45, 2.75) is 19.4 Å². The van der Waals surface area contributed by atoms with Crippen LogP contribution in [0.3, 0.4) is 0 Å². The smallest absolute Gasteiger partial charge is 0.231 e. The Hall–Kier alpha value is -3.29. The standard InChI is InChI=1S/C18H19N5O3/c1-19-17(24)3-2-7-22-11-14(10-21-22)23-8-6-20-18(23)13-4-5-15-16(9-13)26-12-25-15/h4-6,8-11H,2-3,7,12H2,1H3,(H,19,24). The van der Waals surface area contributed by atoms with Crippen molar-refractivity contribution in [3.63, 3.8) is 0 Å². The molecule has 0 atom stereocenters. The maximum atomic E-state index is 11.3. The molecule has 0 saturated carbocycles. The molecule has 0 radical (unpaired) electrons.